The van der Waals surface area contributed by atoms with E-state index in [9.17, 15) is 18.0 Å². The third-order valence-corrected chi connectivity index (χ3v) is 3.59. The van der Waals surface area contributed by atoms with E-state index in [-0.39, 0.29) is 6.54 Å². The summed E-state index contributed by atoms with van der Waals surface area (Å²) in [5.41, 5.74) is 0. The molecule has 0 saturated carbocycles. The fourth-order valence-corrected chi connectivity index (χ4v) is 1.98. The number of likely N-dealkylation sites (N-methyl/N-ethyl adjacent to an activating group) is 2. The molecule has 1 amide bonds. The van der Waals surface area contributed by atoms with Crippen molar-refractivity contribution >= 4 is 21.9 Å². The maximum absolute atomic E-state index is 11.5. The zero-order valence-corrected chi connectivity index (χ0v) is 10.1. The normalized spacial score (nSPS) is 11.4. The third-order valence-electron chi connectivity index (χ3n) is 1.79. The molecule has 0 aromatic heterocycles. The van der Waals surface area contributed by atoms with Crippen LogP contribution in [0.15, 0.2) is 0 Å². The topological polar surface area (TPSA) is 104 Å². The fourth-order valence-electron chi connectivity index (χ4n) is 0.926. The molecule has 0 saturated heterocycles. The number of carbonyl (C=O) groups excluding carboxylic acids is 1. The van der Waals surface area contributed by atoms with Gasteiger partial charge >= 0.3 is 5.97 Å². The molecule has 0 rings (SSSR count). The molecule has 0 aromatic carbocycles. The van der Waals surface area contributed by atoms with E-state index in [1.165, 1.54) is 7.05 Å². The third kappa shape index (κ3) is 5.66. The minimum absolute atomic E-state index is 0.296. The van der Waals surface area contributed by atoms with Crippen LogP contribution < -0.4 is 5.32 Å². The van der Waals surface area contributed by atoms with E-state index in [0.29, 0.717) is 6.54 Å². The van der Waals surface area contributed by atoms with E-state index in [1.54, 1.807) is 6.92 Å². The van der Waals surface area contributed by atoms with Crippen LogP contribution in [0.25, 0.3) is 0 Å². The Morgan fingerprint density at radius 2 is 1.94 bits per heavy atom. The van der Waals surface area contributed by atoms with E-state index >= 15 is 0 Å². The predicted molar refractivity (Wildman–Crippen MR) is 57.4 cm³/mol. The van der Waals surface area contributed by atoms with E-state index in [4.69, 9.17) is 5.11 Å². The summed E-state index contributed by atoms with van der Waals surface area (Å²) < 4.78 is 23.8. The highest BCUT2D eigenvalue weighted by atomic mass is 32.2. The van der Waals surface area contributed by atoms with Gasteiger partial charge in [-0.05, 0) is 6.92 Å². The highest BCUT2D eigenvalue weighted by Gasteiger charge is 2.21. The molecule has 0 unspecified atom stereocenters. The van der Waals surface area contributed by atoms with Crippen molar-refractivity contribution in [3.05, 3.63) is 0 Å². The predicted octanol–water partition coefficient (Wildman–Crippen LogP) is -1.14. The summed E-state index contributed by atoms with van der Waals surface area (Å²) in [7, 11) is -2.43. The van der Waals surface area contributed by atoms with Gasteiger partial charge in [0.1, 0.15) is 0 Å². The quantitative estimate of drug-likeness (QED) is 0.596. The van der Waals surface area contributed by atoms with Crippen molar-refractivity contribution in [3.63, 3.8) is 0 Å². The summed E-state index contributed by atoms with van der Waals surface area (Å²) in [6.45, 7) is 1.84. The SMILES string of the molecule is CCNC(=O)CN(C)S(=O)(=O)CCC(=O)O. The van der Waals surface area contributed by atoms with Gasteiger partial charge in [-0.15, -0.1) is 0 Å². The molecule has 0 aliphatic rings. The van der Waals surface area contributed by atoms with Crippen molar-refractivity contribution < 1.29 is 23.1 Å². The first-order valence-electron chi connectivity index (χ1n) is 4.72. The van der Waals surface area contributed by atoms with E-state index in [2.05, 4.69) is 5.32 Å². The Morgan fingerprint density at radius 3 is 2.38 bits per heavy atom. The van der Waals surface area contributed by atoms with Crippen molar-refractivity contribution in [2.75, 3.05) is 25.9 Å². The number of carboxylic acid groups (broad SMARTS) is 1. The first-order chi connectivity index (χ1) is 7.29. The number of hydrogen-bond acceptors (Lipinski definition) is 4. The van der Waals surface area contributed by atoms with E-state index < -0.39 is 34.1 Å². The lowest BCUT2D eigenvalue weighted by Crippen LogP contribution is -2.39. The largest absolute Gasteiger partial charge is 0.481 e. The second kappa shape index (κ2) is 6.44. The Balaban J connectivity index is 4.29. The van der Waals surface area contributed by atoms with Crippen LogP contribution in [-0.2, 0) is 19.6 Å². The highest BCUT2D eigenvalue weighted by molar-refractivity contribution is 7.89. The van der Waals surface area contributed by atoms with Gasteiger partial charge in [0.25, 0.3) is 0 Å². The molecular formula is C8H16N2O5S. The van der Waals surface area contributed by atoms with Crippen molar-refractivity contribution in [2.45, 2.75) is 13.3 Å². The maximum Gasteiger partial charge on any atom is 0.304 e. The summed E-state index contributed by atoms with van der Waals surface area (Å²) >= 11 is 0. The van der Waals surface area contributed by atoms with E-state index in [0.717, 1.165) is 4.31 Å². The number of aliphatic carboxylic acids is 1. The molecule has 8 heteroatoms. The molecule has 0 heterocycles. The average Bonchev–Trinajstić information content (AvgIpc) is 2.15. The van der Waals surface area contributed by atoms with Gasteiger partial charge in [0.05, 0.1) is 18.7 Å². The Kier molecular flexibility index (Phi) is 5.97. The molecule has 2 N–H and O–H groups in total. The Labute approximate surface area is 94.5 Å². The van der Waals surface area contributed by atoms with Crippen LogP contribution in [0.4, 0.5) is 0 Å². The molecule has 0 aliphatic carbocycles. The first-order valence-corrected chi connectivity index (χ1v) is 6.33. The van der Waals surface area contributed by atoms with Crippen LogP contribution in [0.1, 0.15) is 13.3 Å². The van der Waals surface area contributed by atoms with E-state index in [1.807, 2.05) is 0 Å². The number of hydrogen-bond donors (Lipinski definition) is 2. The lowest BCUT2D eigenvalue weighted by molar-refractivity contribution is -0.136. The molecule has 0 bridgehead atoms. The number of nitrogens with one attached hydrogen (secondary N) is 1. The molecule has 0 radical (unpaired) electrons. The summed E-state index contributed by atoms with van der Waals surface area (Å²) in [6.07, 6.45) is -0.470. The smallest absolute Gasteiger partial charge is 0.304 e. The highest BCUT2D eigenvalue weighted by Crippen LogP contribution is 2.00. The first kappa shape index (κ1) is 14.8. The minimum Gasteiger partial charge on any atom is -0.481 e. The van der Waals surface area contributed by atoms with Crippen molar-refractivity contribution in [1.29, 1.82) is 0 Å². The molecule has 16 heavy (non-hydrogen) atoms. The van der Waals surface area contributed by atoms with Crippen LogP contribution in [0.2, 0.25) is 0 Å². The summed E-state index contributed by atoms with van der Waals surface area (Å²) in [5.74, 6) is -2.10. The number of carbonyl (C=O) groups is 2. The molecule has 0 atom stereocenters. The molecular weight excluding hydrogens is 236 g/mol. The summed E-state index contributed by atoms with van der Waals surface area (Å²) in [5, 5.41) is 10.8. The monoisotopic (exact) mass is 252 g/mol. The number of carboxylic acids is 1. The molecule has 0 aromatic rings. The zero-order chi connectivity index (χ0) is 12.8. The van der Waals surface area contributed by atoms with Gasteiger partial charge < -0.3 is 10.4 Å². The average molecular weight is 252 g/mol. The lowest BCUT2D eigenvalue weighted by Gasteiger charge is -2.15. The Bertz CT molecular complexity index is 351. The molecule has 0 aliphatic heterocycles. The Morgan fingerprint density at radius 1 is 1.38 bits per heavy atom. The lowest BCUT2D eigenvalue weighted by atomic mass is 10.5. The number of sulfonamides is 1. The molecule has 7 nitrogen and oxygen atoms in total. The Hall–Kier alpha value is -1.15. The molecule has 0 fully saturated rings. The second-order valence-corrected chi connectivity index (χ2v) is 5.36. The second-order valence-electron chi connectivity index (χ2n) is 3.17. The van der Waals surface area contributed by atoms with Crippen LogP contribution in [0.5, 0.6) is 0 Å². The van der Waals surface area contributed by atoms with Gasteiger partial charge in [0, 0.05) is 13.6 Å². The minimum atomic E-state index is -3.68. The maximum atomic E-state index is 11.5. The van der Waals surface area contributed by atoms with Crippen molar-refractivity contribution in [3.8, 4) is 0 Å². The zero-order valence-electron chi connectivity index (χ0n) is 9.26. The van der Waals surface area contributed by atoms with Crippen LogP contribution in [0, 0.1) is 0 Å². The van der Waals surface area contributed by atoms with Gasteiger partial charge in [0.2, 0.25) is 15.9 Å². The number of nitrogens with zero attached hydrogens (tertiary/aromatic N) is 1. The van der Waals surface area contributed by atoms with Crippen molar-refractivity contribution in [2.24, 2.45) is 0 Å². The van der Waals surface area contributed by atoms with Gasteiger partial charge in [-0.2, -0.15) is 4.31 Å². The molecule has 94 valence electrons. The van der Waals surface area contributed by atoms with Gasteiger partial charge in [-0.1, -0.05) is 0 Å². The van der Waals surface area contributed by atoms with Crippen molar-refractivity contribution in [1.82, 2.24) is 9.62 Å². The number of amides is 1. The molecule has 0 spiro atoms. The summed E-state index contributed by atoms with van der Waals surface area (Å²) in [6, 6.07) is 0. The van der Waals surface area contributed by atoms with Gasteiger partial charge in [0.15, 0.2) is 0 Å². The van der Waals surface area contributed by atoms with Crippen LogP contribution in [0.3, 0.4) is 0 Å². The standard InChI is InChI=1S/C8H16N2O5S/c1-3-9-7(11)6-10(2)16(14,15)5-4-8(12)13/h3-6H2,1-2H3,(H,9,11)(H,12,13). The van der Waals surface area contributed by atoms with Gasteiger partial charge in [-0.25, -0.2) is 8.42 Å². The fraction of sp³-hybridized carbons (Fsp3) is 0.750. The summed E-state index contributed by atoms with van der Waals surface area (Å²) in [4.78, 5) is 21.3. The number of rotatable bonds is 7. The van der Waals surface area contributed by atoms with Gasteiger partial charge in [-0.3, -0.25) is 9.59 Å². The van der Waals surface area contributed by atoms with Crippen LogP contribution >= 0.6 is 0 Å². The van der Waals surface area contributed by atoms with Crippen LogP contribution in [-0.4, -0.2) is 55.6 Å².